The molecule has 0 radical (unpaired) electrons. The van der Waals surface area contributed by atoms with E-state index < -0.39 is 0 Å². The first-order valence-corrected chi connectivity index (χ1v) is 7.67. The zero-order chi connectivity index (χ0) is 14.3. The molecule has 0 amide bonds. The highest BCUT2D eigenvalue weighted by molar-refractivity contribution is 5.70. The molecule has 1 atom stereocenters. The number of piperazine rings is 1. The molecule has 0 N–H and O–H groups in total. The molecule has 1 heterocycles. The number of rotatable bonds is 7. The molecule has 1 rings (SSSR count). The molecular weight excluding hydrogens is 240 g/mol. The average molecular weight is 270 g/mol. The van der Waals surface area contributed by atoms with Crippen LogP contribution >= 0.6 is 0 Å². The monoisotopic (exact) mass is 270 g/mol. The number of carbonyl (C=O) groups excluding carboxylic acids is 1. The highest BCUT2D eigenvalue weighted by atomic mass is 16.5. The van der Waals surface area contributed by atoms with Crippen molar-refractivity contribution in [2.24, 2.45) is 0 Å². The van der Waals surface area contributed by atoms with E-state index in [4.69, 9.17) is 4.74 Å². The van der Waals surface area contributed by atoms with Gasteiger partial charge in [0.1, 0.15) is 0 Å². The predicted octanol–water partition coefficient (Wildman–Crippen LogP) is 2.14. The Morgan fingerprint density at radius 2 is 1.79 bits per heavy atom. The van der Waals surface area contributed by atoms with Crippen LogP contribution in [-0.2, 0) is 9.53 Å². The molecule has 1 saturated heterocycles. The predicted molar refractivity (Wildman–Crippen MR) is 78.3 cm³/mol. The Balaban J connectivity index is 2.75. The van der Waals surface area contributed by atoms with Crippen LogP contribution in [0.15, 0.2) is 0 Å². The molecule has 19 heavy (non-hydrogen) atoms. The molecule has 0 saturated carbocycles. The van der Waals surface area contributed by atoms with Gasteiger partial charge < -0.3 is 9.64 Å². The fourth-order valence-electron chi connectivity index (χ4n) is 3.11. The van der Waals surface area contributed by atoms with Crippen LogP contribution in [0, 0.1) is 0 Å². The van der Waals surface area contributed by atoms with Gasteiger partial charge in [-0.25, -0.2) is 0 Å². The van der Waals surface area contributed by atoms with Gasteiger partial charge >= 0.3 is 5.97 Å². The third-order valence-electron chi connectivity index (χ3n) is 4.33. The van der Waals surface area contributed by atoms with Gasteiger partial charge in [-0.15, -0.1) is 0 Å². The van der Waals surface area contributed by atoms with Crippen molar-refractivity contribution in [1.82, 2.24) is 9.80 Å². The molecule has 112 valence electrons. The second-order valence-corrected chi connectivity index (χ2v) is 5.60. The van der Waals surface area contributed by atoms with E-state index in [0.29, 0.717) is 13.0 Å². The van der Waals surface area contributed by atoms with E-state index in [1.54, 1.807) is 0 Å². The Labute approximate surface area is 118 Å². The third kappa shape index (κ3) is 4.46. The van der Waals surface area contributed by atoms with Crippen molar-refractivity contribution >= 4 is 5.97 Å². The normalized spacial score (nSPS) is 21.1. The molecule has 4 nitrogen and oxygen atoms in total. The van der Waals surface area contributed by atoms with Crippen LogP contribution in [0.4, 0.5) is 0 Å². The standard InChI is InChI=1S/C15H30N2O2/c1-5-8-15(6-2,13-14(18)19-7-3)17-11-9-16(4)10-12-17/h5-13H2,1-4H3. The minimum Gasteiger partial charge on any atom is -0.466 e. The molecule has 1 aliphatic heterocycles. The quantitative estimate of drug-likeness (QED) is 0.664. The highest BCUT2D eigenvalue weighted by Gasteiger charge is 2.38. The summed E-state index contributed by atoms with van der Waals surface area (Å²) in [4.78, 5) is 16.8. The van der Waals surface area contributed by atoms with Gasteiger partial charge in [0.05, 0.1) is 13.0 Å². The van der Waals surface area contributed by atoms with Crippen molar-refractivity contribution in [1.29, 1.82) is 0 Å². The summed E-state index contributed by atoms with van der Waals surface area (Å²) in [5.74, 6) is -0.0447. The third-order valence-corrected chi connectivity index (χ3v) is 4.33. The molecule has 0 aromatic carbocycles. The minimum atomic E-state index is -0.0447. The van der Waals surface area contributed by atoms with Gasteiger partial charge in [0.2, 0.25) is 0 Å². The summed E-state index contributed by atoms with van der Waals surface area (Å²) < 4.78 is 5.18. The van der Waals surface area contributed by atoms with E-state index in [1.807, 2.05) is 6.92 Å². The lowest BCUT2D eigenvalue weighted by Crippen LogP contribution is -2.57. The molecule has 1 aliphatic rings. The van der Waals surface area contributed by atoms with Crippen LogP contribution < -0.4 is 0 Å². The average Bonchev–Trinajstić information content (AvgIpc) is 2.39. The van der Waals surface area contributed by atoms with Gasteiger partial charge in [0.25, 0.3) is 0 Å². The van der Waals surface area contributed by atoms with Crippen molar-refractivity contribution in [3.8, 4) is 0 Å². The van der Waals surface area contributed by atoms with E-state index in [9.17, 15) is 4.79 Å². The lowest BCUT2D eigenvalue weighted by Gasteiger charge is -2.47. The maximum atomic E-state index is 11.9. The number of likely N-dealkylation sites (N-methyl/N-ethyl adjacent to an activating group) is 1. The van der Waals surface area contributed by atoms with Crippen molar-refractivity contribution < 1.29 is 9.53 Å². The first-order valence-electron chi connectivity index (χ1n) is 7.67. The lowest BCUT2D eigenvalue weighted by molar-refractivity contribution is -0.147. The Hall–Kier alpha value is -0.610. The lowest BCUT2D eigenvalue weighted by atomic mass is 9.84. The second-order valence-electron chi connectivity index (χ2n) is 5.60. The fraction of sp³-hybridized carbons (Fsp3) is 0.933. The van der Waals surface area contributed by atoms with Gasteiger partial charge in [0, 0.05) is 31.7 Å². The smallest absolute Gasteiger partial charge is 0.307 e. The van der Waals surface area contributed by atoms with Crippen LogP contribution in [0.2, 0.25) is 0 Å². The van der Waals surface area contributed by atoms with Crippen LogP contribution in [-0.4, -0.2) is 61.1 Å². The second kappa shape index (κ2) is 7.85. The van der Waals surface area contributed by atoms with Crippen LogP contribution in [0.5, 0.6) is 0 Å². The summed E-state index contributed by atoms with van der Waals surface area (Å²) in [6.45, 7) is 11.1. The molecule has 0 aromatic rings. The number of nitrogens with zero attached hydrogens (tertiary/aromatic N) is 2. The number of carbonyl (C=O) groups is 1. The topological polar surface area (TPSA) is 32.8 Å². The van der Waals surface area contributed by atoms with E-state index >= 15 is 0 Å². The first kappa shape index (κ1) is 16.4. The first-order chi connectivity index (χ1) is 9.07. The summed E-state index contributed by atoms with van der Waals surface area (Å²) in [7, 11) is 2.16. The number of hydrogen-bond acceptors (Lipinski definition) is 4. The van der Waals surface area contributed by atoms with Gasteiger partial charge in [0.15, 0.2) is 0 Å². The molecule has 0 aliphatic carbocycles. The van der Waals surface area contributed by atoms with Crippen LogP contribution in [0.1, 0.15) is 46.5 Å². The van der Waals surface area contributed by atoms with E-state index in [2.05, 4.69) is 30.7 Å². The molecule has 1 fully saturated rings. The molecule has 0 bridgehead atoms. The van der Waals surface area contributed by atoms with Gasteiger partial charge in [-0.05, 0) is 26.8 Å². The maximum Gasteiger partial charge on any atom is 0.307 e. The molecule has 1 unspecified atom stereocenters. The number of ether oxygens (including phenoxy) is 1. The maximum absolute atomic E-state index is 11.9. The van der Waals surface area contributed by atoms with E-state index in [0.717, 1.165) is 45.4 Å². The minimum absolute atomic E-state index is 0.00225. The van der Waals surface area contributed by atoms with Gasteiger partial charge in [-0.1, -0.05) is 20.3 Å². The largest absolute Gasteiger partial charge is 0.466 e. The van der Waals surface area contributed by atoms with Crippen molar-refractivity contribution in [3.63, 3.8) is 0 Å². The van der Waals surface area contributed by atoms with Crippen molar-refractivity contribution in [3.05, 3.63) is 0 Å². The highest BCUT2D eigenvalue weighted by Crippen LogP contribution is 2.31. The van der Waals surface area contributed by atoms with E-state index in [-0.39, 0.29) is 11.5 Å². The van der Waals surface area contributed by atoms with Gasteiger partial charge in [-0.2, -0.15) is 0 Å². The van der Waals surface area contributed by atoms with Crippen LogP contribution in [0.3, 0.4) is 0 Å². The Bertz CT molecular complexity index is 275. The Morgan fingerprint density at radius 1 is 1.16 bits per heavy atom. The van der Waals surface area contributed by atoms with Gasteiger partial charge in [-0.3, -0.25) is 9.69 Å². The summed E-state index contributed by atoms with van der Waals surface area (Å²) >= 11 is 0. The number of hydrogen-bond donors (Lipinski definition) is 0. The summed E-state index contributed by atoms with van der Waals surface area (Å²) in [6.07, 6.45) is 3.74. The number of esters is 1. The van der Waals surface area contributed by atoms with Crippen molar-refractivity contribution in [2.75, 3.05) is 39.8 Å². The zero-order valence-corrected chi connectivity index (χ0v) is 13.1. The van der Waals surface area contributed by atoms with Crippen LogP contribution in [0.25, 0.3) is 0 Å². The SMILES string of the molecule is CCCC(CC)(CC(=O)OCC)N1CCN(C)CC1. The van der Waals surface area contributed by atoms with E-state index in [1.165, 1.54) is 0 Å². The summed E-state index contributed by atoms with van der Waals surface area (Å²) in [5.41, 5.74) is 0.00225. The zero-order valence-electron chi connectivity index (χ0n) is 13.1. The molecule has 0 aromatic heterocycles. The Kier molecular flexibility index (Phi) is 6.80. The summed E-state index contributed by atoms with van der Waals surface area (Å²) in [6, 6.07) is 0. The van der Waals surface area contributed by atoms with Crippen molar-refractivity contribution in [2.45, 2.75) is 52.0 Å². The molecule has 0 spiro atoms. The molecular formula is C15H30N2O2. The Morgan fingerprint density at radius 3 is 2.26 bits per heavy atom. The fourth-order valence-corrected chi connectivity index (χ4v) is 3.11. The molecule has 4 heteroatoms. The summed E-state index contributed by atoms with van der Waals surface area (Å²) in [5, 5.41) is 0.